The fraction of sp³-hybridized carbons (Fsp3) is 0.147. The third kappa shape index (κ3) is 5.39. The molecule has 1 N–H and O–H groups in total. The zero-order valence-corrected chi connectivity index (χ0v) is 23.7. The second-order valence-electron chi connectivity index (χ2n) is 10.0. The third-order valence-corrected chi connectivity index (χ3v) is 7.63. The van der Waals surface area contributed by atoms with Gasteiger partial charge in [0, 0.05) is 46.1 Å². The smallest absolute Gasteiger partial charge is 0.493 e. The van der Waals surface area contributed by atoms with E-state index in [1.165, 1.54) is 0 Å². The maximum Gasteiger partial charge on any atom is 0.512 e. The predicted octanol–water partition coefficient (Wildman–Crippen LogP) is 8.33. The number of benzene rings is 3. The van der Waals surface area contributed by atoms with Crippen LogP contribution in [0.2, 0.25) is 5.15 Å². The fourth-order valence-corrected chi connectivity index (χ4v) is 5.83. The first-order valence-electron chi connectivity index (χ1n) is 13.7. The van der Waals surface area contributed by atoms with E-state index in [-0.39, 0.29) is 5.88 Å². The molecule has 0 aliphatic heterocycles. The topological polar surface area (TPSA) is 86.5 Å². The number of aryl methyl sites for hydroxylation is 2. The molecular weight excluding hydrogens is 550 g/mol. The van der Waals surface area contributed by atoms with E-state index in [2.05, 4.69) is 22.1 Å². The molecule has 7 nitrogen and oxygen atoms in total. The van der Waals surface area contributed by atoms with Crippen LogP contribution < -0.4 is 9.47 Å². The van der Waals surface area contributed by atoms with E-state index in [0.29, 0.717) is 31.1 Å². The summed E-state index contributed by atoms with van der Waals surface area (Å²) < 4.78 is 13.6. The first-order chi connectivity index (χ1) is 20.5. The second kappa shape index (κ2) is 11.9. The number of fused-ring (bicyclic) bond motifs is 2. The van der Waals surface area contributed by atoms with Crippen LogP contribution in [0.25, 0.3) is 32.8 Å². The van der Waals surface area contributed by atoms with E-state index in [1.807, 2.05) is 78.2 Å². The molecule has 0 radical (unpaired) electrons. The molecule has 0 bridgehead atoms. The van der Waals surface area contributed by atoms with Gasteiger partial charge in [0.25, 0.3) is 0 Å². The van der Waals surface area contributed by atoms with Gasteiger partial charge in [0.15, 0.2) is 0 Å². The average molecular weight is 578 g/mol. The molecule has 0 saturated heterocycles. The quantitative estimate of drug-likeness (QED) is 0.106. The molecule has 0 unspecified atom stereocenters. The van der Waals surface area contributed by atoms with Gasteiger partial charge in [-0.15, -0.1) is 0 Å². The number of nitrogens with zero attached hydrogens (tertiary/aromatic N) is 3. The molecule has 3 aromatic carbocycles. The molecule has 0 fully saturated rings. The monoisotopic (exact) mass is 577 g/mol. The average Bonchev–Trinajstić information content (AvgIpc) is 3.27. The molecule has 0 aliphatic rings. The van der Waals surface area contributed by atoms with Crippen molar-refractivity contribution in [1.82, 2.24) is 14.5 Å². The molecule has 3 heterocycles. The Kier molecular flexibility index (Phi) is 7.75. The largest absolute Gasteiger partial charge is 0.512 e. The van der Waals surface area contributed by atoms with E-state index in [9.17, 15) is 9.90 Å². The van der Waals surface area contributed by atoms with Gasteiger partial charge in [-0.25, -0.2) is 9.78 Å². The van der Waals surface area contributed by atoms with Crippen LogP contribution in [0, 0.1) is 6.92 Å². The van der Waals surface area contributed by atoms with E-state index in [4.69, 9.17) is 21.1 Å². The molecule has 6 aromatic rings. The molecule has 0 amide bonds. The van der Waals surface area contributed by atoms with Crippen LogP contribution in [0.5, 0.6) is 11.6 Å². The highest BCUT2D eigenvalue weighted by atomic mass is 35.5. The maximum absolute atomic E-state index is 12.0. The van der Waals surface area contributed by atoms with E-state index < -0.39 is 6.16 Å². The number of pyridine rings is 2. The van der Waals surface area contributed by atoms with Crippen molar-refractivity contribution in [2.24, 2.45) is 0 Å². The Morgan fingerprint density at radius 1 is 0.952 bits per heavy atom. The molecule has 6 rings (SSSR count). The molecule has 3 aromatic heterocycles. The van der Waals surface area contributed by atoms with Crippen molar-refractivity contribution in [3.8, 4) is 22.8 Å². The lowest BCUT2D eigenvalue weighted by Crippen LogP contribution is -2.11. The van der Waals surface area contributed by atoms with Gasteiger partial charge in [-0.05, 0) is 54.5 Å². The summed E-state index contributed by atoms with van der Waals surface area (Å²) in [6, 6.07) is 25.8. The van der Waals surface area contributed by atoms with Crippen LogP contribution in [-0.2, 0) is 13.0 Å². The Morgan fingerprint density at radius 3 is 2.57 bits per heavy atom. The van der Waals surface area contributed by atoms with Crippen LogP contribution in [-0.4, -0.2) is 32.4 Å². The SMILES string of the molecule is Cc1ccnc(Cl)c1-c1cccc2c(CCCOc3cccc4ccccc34)c(OC(=O)O)n(Cc3cccnc3)c12. The van der Waals surface area contributed by atoms with Crippen molar-refractivity contribution in [3.05, 3.63) is 119 Å². The number of rotatable bonds is 9. The van der Waals surface area contributed by atoms with Crippen molar-refractivity contribution in [2.75, 3.05) is 6.61 Å². The summed E-state index contributed by atoms with van der Waals surface area (Å²) >= 11 is 6.64. The molecule has 0 atom stereocenters. The zero-order valence-electron chi connectivity index (χ0n) is 23.0. The van der Waals surface area contributed by atoms with Gasteiger partial charge in [-0.2, -0.15) is 0 Å². The Hall–Kier alpha value is -4.88. The van der Waals surface area contributed by atoms with Crippen LogP contribution in [0.3, 0.4) is 0 Å². The second-order valence-corrected chi connectivity index (χ2v) is 10.4. The summed E-state index contributed by atoms with van der Waals surface area (Å²) in [5.74, 6) is 1.09. The lowest BCUT2D eigenvalue weighted by molar-refractivity contribution is 0.140. The standard InChI is InChI=1S/C34H28ClN3O4/c1-22-16-18-37-32(35)30(22)28-13-5-12-26-27(14-7-19-41-29-15-4-10-24-9-2-3-11-25(24)29)33(42-34(39)40)38(31(26)28)21-23-8-6-17-36-20-23/h2-6,8-13,15-18,20H,7,14,19,21H2,1H3,(H,39,40). The third-order valence-electron chi connectivity index (χ3n) is 7.34. The molecule has 0 saturated carbocycles. The molecular formula is C34H28ClN3O4. The Morgan fingerprint density at radius 2 is 1.76 bits per heavy atom. The van der Waals surface area contributed by atoms with Gasteiger partial charge in [0.05, 0.1) is 18.7 Å². The van der Waals surface area contributed by atoms with Gasteiger partial charge >= 0.3 is 6.16 Å². The number of para-hydroxylation sites is 1. The van der Waals surface area contributed by atoms with Gasteiger partial charge in [-0.3, -0.25) is 4.98 Å². The minimum atomic E-state index is -1.38. The molecule has 42 heavy (non-hydrogen) atoms. The first kappa shape index (κ1) is 27.3. The van der Waals surface area contributed by atoms with Gasteiger partial charge < -0.3 is 19.1 Å². The Bertz CT molecular complexity index is 1880. The Balaban J connectivity index is 1.43. The number of hydrogen-bond acceptors (Lipinski definition) is 5. The number of carboxylic acid groups (broad SMARTS) is 1. The lowest BCUT2D eigenvalue weighted by atomic mass is 9.98. The summed E-state index contributed by atoms with van der Waals surface area (Å²) in [6.45, 7) is 2.78. The van der Waals surface area contributed by atoms with Crippen molar-refractivity contribution < 1.29 is 19.4 Å². The highest BCUT2D eigenvalue weighted by molar-refractivity contribution is 6.32. The molecule has 8 heteroatoms. The summed E-state index contributed by atoms with van der Waals surface area (Å²) in [4.78, 5) is 20.6. The van der Waals surface area contributed by atoms with Crippen molar-refractivity contribution in [1.29, 1.82) is 0 Å². The van der Waals surface area contributed by atoms with Gasteiger partial charge in [0.2, 0.25) is 5.88 Å². The number of carbonyl (C=O) groups is 1. The summed E-state index contributed by atoms with van der Waals surface area (Å²) in [6.07, 6.45) is 4.94. The van der Waals surface area contributed by atoms with Crippen LogP contribution in [0.15, 0.2) is 97.5 Å². The van der Waals surface area contributed by atoms with Gasteiger partial charge in [-0.1, -0.05) is 72.3 Å². The molecule has 210 valence electrons. The first-order valence-corrected chi connectivity index (χ1v) is 14.0. The summed E-state index contributed by atoms with van der Waals surface area (Å²) in [5, 5.41) is 13.2. The van der Waals surface area contributed by atoms with Crippen LogP contribution in [0.1, 0.15) is 23.1 Å². The van der Waals surface area contributed by atoms with Crippen LogP contribution >= 0.6 is 11.6 Å². The van der Waals surface area contributed by atoms with Crippen molar-refractivity contribution in [3.63, 3.8) is 0 Å². The summed E-state index contributed by atoms with van der Waals surface area (Å²) in [7, 11) is 0. The normalized spacial score (nSPS) is 11.2. The van der Waals surface area contributed by atoms with Crippen LogP contribution in [0.4, 0.5) is 4.79 Å². The summed E-state index contributed by atoms with van der Waals surface area (Å²) in [5.41, 5.74) is 5.11. The van der Waals surface area contributed by atoms with Gasteiger partial charge in [0.1, 0.15) is 10.9 Å². The van der Waals surface area contributed by atoms with E-state index in [1.54, 1.807) is 18.6 Å². The Labute approximate surface area is 248 Å². The minimum Gasteiger partial charge on any atom is -0.493 e. The number of hydrogen-bond donors (Lipinski definition) is 1. The molecule has 0 spiro atoms. The maximum atomic E-state index is 12.0. The van der Waals surface area contributed by atoms with Crippen molar-refractivity contribution in [2.45, 2.75) is 26.3 Å². The van der Waals surface area contributed by atoms with E-state index >= 15 is 0 Å². The number of aromatic nitrogens is 3. The molecule has 0 aliphatic carbocycles. The highest BCUT2D eigenvalue weighted by Gasteiger charge is 2.25. The number of halogens is 1. The van der Waals surface area contributed by atoms with E-state index in [0.717, 1.165) is 55.2 Å². The zero-order chi connectivity index (χ0) is 29.1. The highest BCUT2D eigenvalue weighted by Crippen LogP contribution is 2.42. The fourth-order valence-electron chi connectivity index (χ4n) is 5.53. The lowest BCUT2D eigenvalue weighted by Gasteiger charge is -2.14. The number of ether oxygens (including phenoxy) is 2. The minimum absolute atomic E-state index is 0.275. The van der Waals surface area contributed by atoms with Crippen molar-refractivity contribution >= 4 is 39.4 Å². The predicted molar refractivity (Wildman–Crippen MR) is 165 cm³/mol.